The van der Waals surface area contributed by atoms with Gasteiger partial charge >= 0.3 is 0 Å². The first-order valence-corrected chi connectivity index (χ1v) is 5.80. The zero-order valence-electron chi connectivity index (χ0n) is 10.3. The molecule has 0 bridgehead atoms. The molecule has 2 heterocycles. The van der Waals surface area contributed by atoms with Gasteiger partial charge in [-0.25, -0.2) is 4.98 Å². The van der Waals surface area contributed by atoms with Gasteiger partial charge in [-0.05, 0) is 12.1 Å². The molecule has 96 valence electrons. The first-order valence-electron chi connectivity index (χ1n) is 5.80. The number of aromatic nitrogens is 5. The van der Waals surface area contributed by atoms with Gasteiger partial charge in [0.25, 0.3) is 5.91 Å². The second kappa shape index (κ2) is 4.52. The summed E-state index contributed by atoms with van der Waals surface area (Å²) in [5, 5.41) is 10.2. The van der Waals surface area contributed by atoms with E-state index in [0.29, 0.717) is 18.1 Å². The summed E-state index contributed by atoms with van der Waals surface area (Å²) in [4.78, 5) is 19.3. The summed E-state index contributed by atoms with van der Waals surface area (Å²) in [6.07, 6.45) is 1.56. The van der Waals surface area contributed by atoms with E-state index in [4.69, 9.17) is 0 Å². The average Bonchev–Trinajstić information content (AvgIpc) is 3.01. The van der Waals surface area contributed by atoms with Crippen LogP contribution in [0.5, 0.6) is 0 Å². The first kappa shape index (κ1) is 11.4. The van der Waals surface area contributed by atoms with Crippen LogP contribution in [-0.4, -0.2) is 30.9 Å². The summed E-state index contributed by atoms with van der Waals surface area (Å²) >= 11 is 0. The fourth-order valence-electron chi connectivity index (χ4n) is 1.80. The molecular weight excluding hydrogens is 244 g/mol. The second-order valence-electron chi connectivity index (χ2n) is 4.16. The molecule has 7 nitrogen and oxygen atoms in total. The number of hydrogen-bond donors (Lipinski definition) is 2. The molecule has 3 aromatic rings. The molecule has 0 aliphatic heterocycles. The predicted octanol–water partition coefficient (Wildman–Crippen LogP) is 0.621. The number of aromatic amines is 1. The molecule has 0 radical (unpaired) electrons. The van der Waals surface area contributed by atoms with Crippen LogP contribution in [0.15, 0.2) is 30.5 Å². The van der Waals surface area contributed by atoms with Crippen molar-refractivity contribution in [2.75, 3.05) is 0 Å². The van der Waals surface area contributed by atoms with Gasteiger partial charge in [-0.1, -0.05) is 17.3 Å². The number of benzene rings is 1. The smallest absolute Gasteiger partial charge is 0.273 e. The summed E-state index contributed by atoms with van der Waals surface area (Å²) in [6.45, 7) is 0.323. The molecule has 7 heteroatoms. The van der Waals surface area contributed by atoms with E-state index in [0.717, 1.165) is 11.0 Å². The van der Waals surface area contributed by atoms with Gasteiger partial charge in [-0.3, -0.25) is 9.48 Å². The summed E-state index contributed by atoms with van der Waals surface area (Å²) in [5.74, 6) is 0.437. The zero-order chi connectivity index (χ0) is 13.2. The number of para-hydroxylation sites is 2. The molecule has 0 atom stereocenters. The molecule has 0 spiro atoms. The maximum atomic E-state index is 11.8. The van der Waals surface area contributed by atoms with E-state index in [9.17, 15) is 4.79 Å². The van der Waals surface area contributed by atoms with Crippen LogP contribution in [-0.2, 0) is 13.6 Å². The van der Waals surface area contributed by atoms with Crippen molar-refractivity contribution in [3.63, 3.8) is 0 Å². The SMILES string of the molecule is Cn1cc(C(=O)NCc2nc3ccccc3[nH]2)nn1. The van der Waals surface area contributed by atoms with Crippen molar-refractivity contribution in [1.82, 2.24) is 30.3 Å². The minimum absolute atomic E-state index is 0.270. The van der Waals surface area contributed by atoms with Crippen molar-refractivity contribution in [3.8, 4) is 0 Å². The Bertz CT molecular complexity index is 695. The normalized spacial score (nSPS) is 10.8. The van der Waals surface area contributed by atoms with E-state index in [1.54, 1.807) is 13.2 Å². The lowest BCUT2D eigenvalue weighted by Gasteiger charge is -1.98. The first-order chi connectivity index (χ1) is 9.22. The lowest BCUT2D eigenvalue weighted by molar-refractivity contribution is 0.0945. The summed E-state index contributed by atoms with van der Waals surface area (Å²) < 4.78 is 1.48. The van der Waals surface area contributed by atoms with Crippen LogP contribution in [0.2, 0.25) is 0 Å². The number of H-pyrrole nitrogens is 1. The van der Waals surface area contributed by atoms with Gasteiger partial charge in [0, 0.05) is 7.05 Å². The number of imidazole rings is 1. The van der Waals surface area contributed by atoms with Gasteiger partial charge in [0.2, 0.25) is 0 Å². The van der Waals surface area contributed by atoms with Gasteiger partial charge < -0.3 is 10.3 Å². The molecule has 3 rings (SSSR count). The lowest BCUT2D eigenvalue weighted by Crippen LogP contribution is -2.23. The maximum absolute atomic E-state index is 11.8. The molecule has 19 heavy (non-hydrogen) atoms. The third-order valence-corrected chi connectivity index (χ3v) is 2.69. The van der Waals surface area contributed by atoms with E-state index >= 15 is 0 Å². The monoisotopic (exact) mass is 256 g/mol. The van der Waals surface area contributed by atoms with Gasteiger partial charge in [0.05, 0.1) is 23.8 Å². The molecule has 1 amide bonds. The van der Waals surface area contributed by atoms with E-state index in [2.05, 4.69) is 25.6 Å². The molecule has 2 aromatic heterocycles. The Hall–Kier alpha value is -2.70. The summed E-state index contributed by atoms with van der Waals surface area (Å²) in [7, 11) is 1.71. The maximum Gasteiger partial charge on any atom is 0.273 e. The number of amides is 1. The number of aryl methyl sites for hydroxylation is 1. The minimum atomic E-state index is -0.270. The highest BCUT2D eigenvalue weighted by Crippen LogP contribution is 2.09. The number of carbonyl (C=O) groups excluding carboxylic acids is 1. The van der Waals surface area contributed by atoms with E-state index in [1.807, 2.05) is 24.3 Å². The van der Waals surface area contributed by atoms with Crippen molar-refractivity contribution in [3.05, 3.63) is 42.0 Å². The van der Waals surface area contributed by atoms with Crippen LogP contribution in [0.4, 0.5) is 0 Å². The van der Waals surface area contributed by atoms with E-state index in [-0.39, 0.29) is 5.91 Å². The molecule has 0 aliphatic rings. The standard InChI is InChI=1S/C12H12N6O/c1-18-7-10(16-17-18)12(19)13-6-11-14-8-4-2-3-5-9(8)15-11/h2-5,7H,6H2,1H3,(H,13,19)(H,14,15). The van der Waals surface area contributed by atoms with E-state index < -0.39 is 0 Å². The van der Waals surface area contributed by atoms with Crippen LogP contribution in [0, 0.1) is 0 Å². The number of nitrogens with zero attached hydrogens (tertiary/aromatic N) is 4. The van der Waals surface area contributed by atoms with Gasteiger partial charge in [0.15, 0.2) is 5.69 Å². The predicted molar refractivity (Wildman–Crippen MR) is 68.3 cm³/mol. The molecule has 0 aliphatic carbocycles. The van der Waals surface area contributed by atoms with Crippen LogP contribution in [0.25, 0.3) is 11.0 Å². The third kappa shape index (κ3) is 2.30. The molecule has 0 unspecified atom stereocenters. The highest BCUT2D eigenvalue weighted by Gasteiger charge is 2.10. The Balaban J connectivity index is 1.70. The Morgan fingerprint density at radius 2 is 2.26 bits per heavy atom. The van der Waals surface area contributed by atoms with Crippen LogP contribution in [0.3, 0.4) is 0 Å². The van der Waals surface area contributed by atoms with Crippen molar-refractivity contribution in [1.29, 1.82) is 0 Å². The molecule has 0 saturated carbocycles. The lowest BCUT2D eigenvalue weighted by atomic mass is 10.3. The third-order valence-electron chi connectivity index (χ3n) is 2.69. The number of nitrogens with one attached hydrogen (secondary N) is 2. The average molecular weight is 256 g/mol. The molecule has 2 N–H and O–H groups in total. The highest BCUT2D eigenvalue weighted by molar-refractivity contribution is 5.91. The Morgan fingerprint density at radius 1 is 1.42 bits per heavy atom. The van der Waals surface area contributed by atoms with Crippen molar-refractivity contribution < 1.29 is 4.79 Å². The van der Waals surface area contributed by atoms with Crippen LogP contribution < -0.4 is 5.32 Å². The number of rotatable bonds is 3. The van der Waals surface area contributed by atoms with Gasteiger partial charge in [-0.15, -0.1) is 5.10 Å². The van der Waals surface area contributed by atoms with Crippen molar-refractivity contribution >= 4 is 16.9 Å². The molecule has 0 fully saturated rings. The quantitative estimate of drug-likeness (QED) is 0.719. The fraction of sp³-hybridized carbons (Fsp3) is 0.167. The van der Waals surface area contributed by atoms with Crippen LogP contribution >= 0.6 is 0 Å². The number of carbonyl (C=O) groups is 1. The van der Waals surface area contributed by atoms with E-state index in [1.165, 1.54) is 4.68 Å². The Morgan fingerprint density at radius 3 is 3.00 bits per heavy atom. The largest absolute Gasteiger partial charge is 0.343 e. The molecule has 1 aromatic carbocycles. The second-order valence-corrected chi connectivity index (χ2v) is 4.16. The van der Waals surface area contributed by atoms with Crippen molar-refractivity contribution in [2.45, 2.75) is 6.54 Å². The molecule has 0 saturated heterocycles. The summed E-state index contributed by atoms with van der Waals surface area (Å²) in [5.41, 5.74) is 2.12. The van der Waals surface area contributed by atoms with Crippen LogP contribution in [0.1, 0.15) is 16.3 Å². The topological polar surface area (TPSA) is 88.5 Å². The Labute approximate surface area is 108 Å². The Kier molecular flexibility index (Phi) is 2.71. The minimum Gasteiger partial charge on any atom is -0.343 e. The van der Waals surface area contributed by atoms with Gasteiger partial charge in [-0.2, -0.15) is 0 Å². The summed E-state index contributed by atoms with van der Waals surface area (Å²) in [6, 6.07) is 7.71. The number of fused-ring (bicyclic) bond motifs is 1. The fourth-order valence-corrected chi connectivity index (χ4v) is 1.80. The highest BCUT2D eigenvalue weighted by atomic mass is 16.2. The molecular formula is C12H12N6O. The number of hydrogen-bond acceptors (Lipinski definition) is 4. The van der Waals surface area contributed by atoms with Crippen molar-refractivity contribution in [2.24, 2.45) is 7.05 Å². The zero-order valence-corrected chi connectivity index (χ0v) is 10.3. The van der Waals surface area contributed by atoms with Gasteiger partial charge in [0.1, 0.15) is 5.82 Å².